The topological polar surface area (TPSA) is 64.2 Å². The Morgan fingerprint density at radius 3 is 2.77 bits per heavy atom. The van der Waals surface area contributed by atoms with Crippen LogP contribution in [-0.2, 0) is 6.54 Å². The van der Waals surface area contributed by atoms with E-state index >= 15 is 0 Å². The van der Waals surface area contributed by atoms with E-state index in [1.54, 1.807) is 6.20 Å². The maximum absolute atomic E-state index is 13.1. The molecule has 1 amide bonds. The van der Waals surface area contributed by atoms with E-state index in [1.165, 1.54) is 0 Å². The van der Waals surface area contributed by atoms with Crippen LogP contribution in [0.2, 0.25) is 0 Å². The molecule has 0 spiro atoms. The largest absolute Gasteiger partial charge is 0.322 e. The average Bonchev–Trinajstić information content (AvgIpc) is 3.39. The zero-order valence-electron chi connectivity index (χ0n) is 17.1. The van der Waals surface area contributed by atoms with E-state index in [0.29, 0.717) is 12.1 Å². The Kier molecular flexibility index (Phi) is 4.80. The number of amides is 1. The molecule has 0 atom stereocenters. The van der Waals surface area contributed by atoms with Gasteiger partial charge in [-0.1, -0.05) is 24.3 Å². The highest BCUT2D eigenvalue weighted by atomic mass is 16.1. The molecule has 152 valence electrons. The summed E-state index contributed by atoms with van der Waals surface area (Å²) in [4.78, 5) is 17.2. The highest BCUT2D eigenvalue weighted by molar-refractivity contribution is 6.10. The van der Waals surface area contributed by atoms with Gasteiger partial charge in [0.15, 0.2) is 0 Å². The number of carbonyl (C=O) groups excluding carboxylic acids is 1. The van der Waals surface area contributed by atoms with Gasteiger partial charge in [0.2, 0.25) is 0 Å². The molecule has 4 aromatic heterocycles. The minimum Gasteiger partial charge on any atom is -0.322 e. The lowest BCUT2D eigenvalue weighted by Crippen LogP contribution is -2.11. The van der Waals surface area contributed by atoms with Crippen LogP contribution in [0.3, 0.4) is 0 Å². The number of hydrogen-bond acceptors (Lipinski definition) is 3. The molecule has 0 radical (unpaired) electrons. The number of aromatic nitrogens is 4. The molecule has 1 aromatic carbocycles. The van der Waals surface area contributed by atoms with Crippen molar-refractivity contribution in [2.24, 2.45) is 0 Å². The first-order chi connectivity index (χ1) is 15.2. The number of nitrogens with one attached hydrogen (secondary N) is 1. The van der Waals surface area contributed by atoms with Gasteiger partial charge in [-0.25, -0.2) is 0 Å². The van der Waals surface area contributed by atoms with Crippen molar-refractivity contribution in [3.05, 3.63) is 108 Å². The lowest BCUT2D eigenvalue weighted by molar-refractivity contribution is 0.102. The van der Waals surface area contributed by atoms with Gasteiger partial charge >= 0.3 is 0 Å². The van der Waals surface area contributed by atoms with Crippen LogP contribution in [0.5, 0.6) is 0 Å². The Hall–Kier alpha value is -4.19. The molecule has 0 aliphatic heterocycles. The Morgan fingerprint density at radius 2 is 1.94 bits per heavy atom. The van der Waals surface area contributed by atoms with Crippen LogP contribution in [0.25, 0.3) is 16.9 Å². The summed E-state index contributed by atoms with van der Waals surface area (Å²) in [6, 6.07) is 21.4. The molecule has 6 nitrogen and oxygen atoms in total. The van der Waals surface area contributed by atoms with E-state index in [1.807, 2.05) is 101 Å². The van der Waals surface area contributed by atoms with Crippen molar-refractivity contribution in [2.75, 3.05) is 5.32 Å². The fourth-order valence-corrected chi connectivity index (χ4v) is 3.72. The van der Waals surface area contributed by atoms with Gasteiger partial charge in [0, 0.05) is 30.5 Å². The van der Waals surface area contributed by atoms with Crippen LogP contribution in [0.15, 0.2) is 91.5 Å². The second kappa shape index (κ2) is 7.91. The lowest BCUT2D eigenvalue weighted by atomic mass is 10.2. The number of benzene rings is 1. The van der Waals surface area contributed by atoms with Crippen LogP contribution in [-0.4, -0.2) is 25.1 Å². The highest BCUT2D eigenvalue weighted by Crippen LogP contribution is 2.26. The summed E-state index contributed by atoms with van der Waals surface area (Å²) in [5.41, 5.74) is 6.08. The Morgan fingerprint density at radius 1 is 1.00 bits per heavy atom. The molecule has 0 aliphatic rings. The molecule has 0 saturated heterocycles. The van der Waals surface area contributed by atoms with Gasteiger partial charge in [-0.15, -0.1) is 0 Å². The second-order valence-corrected chi connectivity index (χ2v) is 7.48. The zero-order valence-corrected chi connectivity index (χ0v) is 17.1. The number of anilines is 1. The quantitative estimate of drug-likeness (QED) is 0.455. The predicted octanol–water partition coefficient (Wildman–Crippen LogP) is 4.81. The maximum atomic E-state index is 13.1. The minimum absolute atomic E-state index is 0.143. The van der Waals surface area contributed by atoms with Gasteiger partial charge in [0.25, 0.3) is 5.91 Å². The molecule has 0 fully saturated rings. The number of pyridine rings is 2. The third-order valence-electron chi connectivity index (χ3n) is 5.17. The molecular weight excluding hydrogens is 386 g/mol. The van der Waals surface area contributed by atoms with Crippen LogP contribution >= 0.6 is 0 Å². The molecule has 31 heavy (non-hydrogen) atoms. The summed E-state index contributed by atoms with van der Waals surface area (Å²) < 4.78 is 3.88. The summed E-state index contributed by atoms with van der Waals surface area (Å²) in [6.45, 7) is 2.64. The van der Waals surface area contributed by atoms with Gasteiger partial charge in [-0.2, -0.15) is 5.10 Å². The van der Waals surface area contributed by atoms with E-state index < -0.39 is 0 Å². The highest BCUT2D eigenvalue weighted by Gasteiger charge is 2.18. The van der Waals surface area contributed by atoms with Crippen molar-refractivity contribution >= 4 is 17.1 Å². The van der Waals surface area contributed by atoms with E-state index in [-0.39, 0.29) is 5.91 Å². The normalized spacial score (nSPS) is 11.0. The number of fused-ring (bicyclic) bond motifs is 1. The molecule has 0 saturated carbocycles. The van der Waals surface area contributed by atoms with Crippen LogP contribution in [0, 0.1) is 6.92 Å². The van der Waals surface area contributed by atoms with Gasteiger partial charge in [-0.3, -0.25) is 14.5 Å². The van der Waals surface area contributed by atoms with Crippen molar-refractivity contribution in [1.82, 2.24) is 19.2 Å². The molecule has 0 unspecified atom stereocenters. The standard InChI is InChI=1S/C25H21N5O/c1-18-6-4-8-20(14-18)27-25(31)21-15-24(30-12-3-2-9-23(21)30)22-10-13-29(28-22)17-19-7-5-11-26-16-19/h2-16H,17H2,1H3,(H,27,31). The second-order valence-electron chi connectivity index (χ2n) is 7.48. The van der Waals surface area contributed by atoms with Gasteiger partial charge in [0.1, 0.15) is 5.69 Å². The molecule has 0 aliphatic carbocycles. The van der Waals surface area contributed by atoms with Crippen LogP contribution in [0.1, 0.15) is 21.5 Å². The van der Waals surface area contributed by atoms with Gasteiger partial charge in [0.05, 0.1) is 23.3 Å². The molecule has 5 rings (SSSR count). The predicted molar refractivity (Wildman–Crippen MR) is 121 cm³/mol. The van der Waals surface area contributed by atoms with E-state index in [2.05, 4.69) is 10.3 Å². The third kappa shape index (κ3) is 3.83. The number of nitrogens with zero attached hydrogens (tertiary/aromatic N) is 4. The van der Waals surface area contributed by atoms with E-state index in [0.717, 1.165) is 33.7 Å². The molecule has 4 heterocycles. The number of hydrogen-bond donors (Lipinski definition) is 1. The summed E-state index contributed by atoms with van der Waals surface area (Å²) >= 11 is 0. The first-order valence-electron chi connectivity index (χ1n) is 10.1. The minimum atomic E-state index is -0.143. The van der Waals surface area contributed by atoms with Crippen molar-refractivity contribution in [3.63, 3.8) is 0 Å². The SMILES string of the molecule is Cc1cccc(NC(=O)c2cc(-c3ccn(Cc4cccnc4)n3)n3ccccc23)c1. The van der Waals surface area contributed by atoms with Gasteiger partial charge in [-0.05, 0) is 60.5 Å². The van der Waals surface area contributed by atoms with Crippen molar-refractivity contribution in [1.29, 1.82) is 0 Å². The van der Waals surface area contributed by atoms with E-state index in [4.69, 9.17) is 5.10 Å². The maximum Gasteiger partial charge on any atom is 0.257 e. The first kappa shape index (κ1) is 18.8. The van der Waals surface area contributed by atoms with Crippen LogP contribution < -0.4 is 5.32 Å². The molecule has 5 aromatic rings. The summed E-state index contributed by atoms with van der Waals surface area (Å²) in [7, 11) is 0. The Labute approximate surface area is 179 Å². The molecule has 1 N–H and O–H groups in total. The monoisotopic (exact) mass is 407 g/mol. The van der Waals surface area contributed by atoms with Gasteiger partial charge < -0.3 is 9.72 Å². The van der Waals surface area contributed by atoms with Crippen LogP contribution in [0.4, 0.5) is 5.69 Å². The van der Waals surface area contributed by atoms with Crippen molar-refractivity contribution < 1.29 is 4.79 Å². The molecule has 0 bridgehead atoms. The van der Waals surface area contributed by atoms with E-state index in [9.17, 15) is 4.79 Å². The third-order valence-corrected chi connectivity index (χ3v) is 5.17. The lowest BCUT2D eigenvalue weighted by Gasteiger charge is -2.05. The van der Waals surface area contributed by atoms with Crippen molar-refractivity contribution in [2.45, 2.75) is 13.5 Å². The molecule has 6 heteroatoms. The van der Waals surface area contributed by atoms with Crippen molar-refractivity contribution in [3.8, 4) is 11.4 Å². The number of aryl methyl sites for hydroxylation is 1. The Bertz CT molecular complexity index is 1370. The smallest absolute Gasteiger partial charge is 0.257 e. The summed E-state index contributed by atoms with van der Waals surface area (Å²) in [6.07, 6.45) is 7.49. The summed E-state index contributed by atoms with van der Waals surface area (Å²) in [5, 5.41) is 7.74. The number of carbonyl (C=O) groups is 1. The fraction of sp³-hybridized carbons (Fsp3) is 0.0800. The average molecular weight is 407 g/mol. The first-order valence-corrected chi connectivity index (χ1v) is 10.1. The summed E-state index contributed by atoms with van der Waals surface area (Å²) in [5.74, 6) is -0.143. The Balaban J connectivity index is 1.49. The molecular formula is C25H21N5O. The zero-order chi connectivity index (χ0) is 21.2. The fourth-order valence-electron chi connectivity index (χ4n) is 3.72. The number of rotatable bonds is 5.